The predicted molar refractivity (Wildman–Crippen MR) is 109 cm³/mol. The Bertz CT molecular complexity index is 1070. The van der Waals surface area contributed by atoms with Crippen LogP contribution in [0.1, 0.15) is 67.6 Å². The number of aryl methyl sites for hydroxylation is 1. The van der Waals surface area contributed by atoms with Crippen LogP contribution in [0, 0.1) is 6.92 Å². The van der Waals surface area contributed by atoms with Crippen molar-refractivity contribution in [3.63, 3.8) is 0 Å². The molecule has 3 heteroatoms. The van der Waals surface area contributed by atoms with E-state index in [1.165, 1.54) is 35.1 Å². The van der Waals surface area contributed by atoms with Crippen LogP contribution in [0.2, 0.25) is 0 Å². The average Bonchev–Trinajstić information content (AvgIpc) is 3.01. The highest BCUT2D eigenvalue weighted by molar-refractivity contribution is 5.99. The maximum atomic E-state index is 11.2. The number of carboxylic acid groups (broad SMARTS) is 1. The number of aromatic carboxylic acids is 1. The molecule has 0 unspecified atom stereocenters. The summed E-state index contributed by atoms with van der Waals surface area (Å²) in [5.74, 6) is -0.941. The molecule has 0 bridgehead atoms. The van der Waals surface area contributed by atoms with E-state index in [9.17, 15) is 9.90 Å². The summed E-state index contributed by atoms with van der Waals surface area (Å²) in [6.07, 6.45) is 4.12. The molecule has 1 aliphatic carbocycles. The third-order valence-corrected chi connectivity index (χ3v) is 6.31. The summed E-state index contributed by atoms with van der Waals surface area (Å²) in [5, 5.41) is 10.2. The number of carboxylic acids is 1. The van der Waals surface area contributed by atoms with Crippen molar-refractivity contribution in [2.75, 3.05) is 0 Å². The highest BCUT2D eigenvalue weighted by Crippen LogP contribution is 2.48. The summed E-state index contributed by atoms with van der Waals surface area (Å²) in [5.41, 5.74) is 7.46. The fraction of sp³-hybridized carbons (Fsp3) is 0.375. The molecular formula is C24H26O3. The van der Waals surface area contributed by atoms with Gasteiger partial charge < -0.3 is 9.52 Å². The Balaban J connectivity index is 1.93. The molecule has 0 spiro atoms. The van der Waals surface area contributed by atoms with E-state index in [1.54, 1.807) is 18.4 Å². The van der Waals surface area contributed by atoms with Crippen LogP contribution in [0.5, 0.6) is 0 Å². The molecule has 0 saturated heterocycles. The quantitative estimate of drug-likeness (QED) is 0.569. The second-order valence-electron chi connectivity index (χ2n) is 9.15. The number of hydrogen-bond acceptors (Lipinski definition) is 2. The first kappa shape index (κ1) is 17.8. The van der Waals surface area contributed by atoms with Crippen LogP contribution in [0.25, 0.3) is 22.1 Å². The summed E-state index contributed by atoms with van der Waals surface area (Å²) in [6, 6.07) is 9.77. The first-order chi connectivity index (χ1) is 12.6. The average molecular weight is 362 g/mol. The number of carbonyl (C=O) groups is 1. The van der Waals surface area contributed by atoms with Gasteiger partial charge in [-0.1, -0.05) is 33.8 Å². The largest absolute Gasteiger partial charge is 0.478 e. The van der Waals surface area contributed by atoms with Gasteiger partial charge in [0.05, 0.1) is 11.8 Å². The van der Waals surface area contributed by atoms with Gasteiger partial charge in [0.25, 0.3) is 0 Å². The lowest BCUT2D eigenvalue weighted by Crippen LogP contribution is -2.34. The van der Waals surface area contributed by atoms with Crippen molar-refractivity contribution in [3.05, 3.63) is 58.8 Å². The number of hydrogen-bond donors (Lipinski definition) is 1. The van der Waals surface area contributed by atoms with E-state index in [1.807, 2.05) is 6.07 Å². The second-order valence-corrected chi connectivity index (χ2v) is 9.15. The van der Waals surface area contributed by atoms with Crippen molar-refractivity contribution in [1.29, 1.82) is 0 Å². The minimum atomic E-state index is -0.941. The zero-order valence-electron chi connectivity index (χ0n) is 16.6. The van der Waals surface area contributed by atoms with Crippen molar-refractivity contribution in [2.45, 2.75) is 58.3 Å². The molecule has 140 valence electrons. The molecule has 0 amide bonds. The Morgan fingerprint density at radius 2 is 1.59 bits per heavy atom. The number of rotatable bonds is 2. The van der Waals surface area contributed by atoms with Gasteiger partial charge in [-0.05, 0) is 77.1 Å². The summed E-state index contributed by atoms with van der Waals surface area (Å²) in [7, 11) is 0. The number of fused-ring (bicyclic) bond motifs is 2. The van der Waals surface area contributed by atoms with Crippen LogP contribution in [-0.4, -0.2) is 11.1 Å². The van der Waals surface area contributed by atoms with Crippen LogP contribution >= 0.6 is 0 Å². The maximum Gasteiger partial charge on any atom is 0.335 e. The Kier molecular flexibility index (Phi) is 3.78. The van der Waals surface area contributed by atoms with Crippen LogP contribution in [0.4, 0.5) is 0 Å². The van der Waals surface area contributed by atoms with Crippen molar-refractivity contribution < 1.29 is 14.3 Å². The summed E-state index contributed by atoms with van der Waals surface area (Å²) >= 11 is 0. The summed E-state index contributed by atoms with van der Waals surface area (Å²) < 4.78 is 5.72. The lowest BCUT2D eigenvalue weighted by atomic mass is 9.62. The molecule has 0 radical (unpaired) electrons. The molecule has 3 nitrogen and oxygen atoms in total. The molecule has 3 aromatic rings. The van der Waals surface area contributed by atoms with E-state index in [0.29, 0.717) is 5.58 Å². The Hall–Kier alpha value is -2.55. The minimum Gasteiger partial charge on any atom is -0.478 e. The molecule has 0 atom stereocenters. The Labute approximate surface area is 160 Å². The lowest BCUT2D eigenvalue weighted by molar-refractivity contribution is 0.0697. The van der Waals surface area contributed by atoms with Crippen molar-refractivity contribution in [2.24, 2.45) is 0 Å². The van der Waals surface area contributed by atoms with Gasteiger partial charge >= 0.3 is 5.97 Å². The lowest BCUT2D eigenvalue weighted by Gasteiger charge is -2.42. The van der Waals surface area contributed by atoms with Gasteiger partial charge in [0.2, 0.25) is 0 Å². The van der Waals surface area contributed by atoms with Gasteiger partial charge in [0, 0.05) is 10.9 Å². The minimum absolute atomic E-state index is 0.142. The highest BCUT2D eigenvalue weighted by Gasteiger charge is 2.37. The van der Waals surface area contributed by atoms with E-state index >= 15 is 0 Å². The van der Waals surface area contributed by atoms with Crippen molar-refractivity contribution in [3.8, 4) is 11.1 Å². The van der Waals surface area contributed by atoms with Gasteiger partial charge in [0.1, 0.15) is 5.58 Å². The van der Waals surface area contributed by atoms with E-state index in [2.05, 4.69) is 46.8 Å². The third-order valence-electron chi connectivity index (χ3n) is 6.31. The van der Waals surface area contributed by atoms with Gasteiger partial charge in [-0.25, -0.2) is 4.79 Å². The molecule has 27 heavy (non-hydrogen) atoms. The standard InChI is InChI=1S/C24H26O3/c1-14-10-19-20(24(4,5)9-8-23(19,2)3)12-17(14)18-13-27-21-11-15(22(25)26)6-7-16(18)21/h6-7,10-13H,8-9H2,1-5H3,(H,25,26). The summed E-state index contributed by atoms with van der Waals surface area (Å²) in [6.45, 7) is 11.5. The molecule has 1 aliphatic rings. The monoisotopic (exact) mass is 362 g/mol. The molecule has 1 N–H and O–H groups in total. The van der Waals surface area contributed by atoms with Crippen LogP contribution in [0.3, 0.4) is 0 Å². The first-order valence-electron chi connectivity index (χ1n) is 9.51. The summed E-state index contributed by atoms with van der Waals surface area (Å²) in [4.78, 5) is 11.2. The molecule has 0 fully saturated rings. The fourth-order valence-corrected chi connectivity index (χ4v) is 4.38. The van der Waals surface area contributed by atoms with E-state index < -0.39 is 5.97 Å². The van der Waals surface area contributed by atoms with Crippen LogP contribution in [-0.2, 0) is 10.8 Å². The smallest absolute Gasteiger partial charge is 0.335 e. The molecule has 4 rings (SSSR count). The van der Waals surface area contributed by atoms with Gasteiger partial charge in [-0.15, -0.1) is 0 Å². The third kappa shape index (κ3) is 2.77. The van der Waals surface area contributed by atoms with E-state index in [0.717, 1.165) is 10.9 Å². The molecule has 0 aliphatic heterocycles. The van der Waals surface area contributed by atoms with Crippen molar-refractivity contribution >= 4 is 16.9 Å². The normalized spacial score (nSPS) is 17.7. The van der Waals surface area contributed by atoms with Gasteiger partial charge in [-0.2, -0.15) is 0 Å². The number of benzene rings is 2. The molecule has 1 aromatic heterocycles. The van der Waals surface area contributed by atoms with E-state index in [-0.39, 0.29) is 16.4 Å². The van der Waals surface area contributed by atoms with Gasteiger partial charge in [-0.3, -0.25) is 0 Å². The number of furan rings is 1. The molecular weight excluding hydrogens is 336 g/mol. The van der Waals surface area contributed by atoms with E-state index in [4.69, 9.17) is 4.42 Å². The van der Waals surface area contributed by atoms with Crippen LogP contribution < -0.4 is 0 Å². The SMILES string of the molecule is Cc1cc2c(cc1-c1coc3cc(C(=O)O)ccc13)C(C)(C)CCC2(C)C. The van der Waals surface area contributed by atoms with Crippen molar-refractivity contribution in [1.82, 2.24) is 0 Å². The van der Waals surface area contributed by atoms with Crippen LogP contribution in [0.15, 0.2) is 41.0 Å². The molecule has 1 heterocycles. The Morgan fingerprint density at radius 1 is 0.963 bits per heavy atom. The zero-order chi connectivity index (χ0) is 19.6. The zero-order valence-corrected chi connectivity index (χ0v) is 16.6. The van der Waals surface area contributed by atoms with Gasteiger partial charge in [0.15, 0.2) is 0 Å². The highest BCUT2D eigenvalue weighted by atomic mass is 16.4. The molecule has 2 aromatic carbocycles. The maximum absolute atomic E-state index is 11.2. The second kappa shape index (κ2) is 5.72. The molecule has 0 saturated carbocycles. The predicted octanol–water partition coefficient (Wildman–Crippen LogP) is 6.46. The fourth-order valence-electron chi connectivity index (χ4n) is 4.38. The first-order valence-corrected chi connectivity index (χ1v) is 9.51. The Morgan fingerprint density at radius 3 is 2.22 bits per heavy atom. The topological polar surface area (TPSA) is 50.4 Å².